The number of rotatable bonds is 6. The van der Waals surface area contributed by atoms with Gasteiger partial charge in [-0.15, -0.1) is 0 Å². The van der Waals surface area contributed by atoms with Crippen LogP contribution in [-0.2, 0) is 20.9 Å². The summed E-state index contributed by atoms with van der Waals surface area (Å²) in [4.78, 5) is 21.8. The molecule has 0 atom stereocenters. The molecule has 0 unspecified atom stereocenters. The summed E-state index contributed by atoms with van der Waals surface area (Å²) in [6, 6.07) is 0. The largest absolute Gasteiger partial charge is 0.480 e. The molecular weight excluding hydrogens is 226 g/mol. The van der Waals surface area contributed by atoms with E-state index in [2.05, 4.69) is 10.4 Å². The van der Waals surface area contributed by atoms with Gasteiger partial charge in [-0.2, -0.15) is 5.10 Å². The maximum Gasteiger partial charge on any atom is 0.325 e. The molecule has 94 valence electrons. The second-order valence-corrected chi connectivity index (χ2v) is 3.73. The molecule has 0 aliphatic carbocycles. The average molecular weight is 241 g/mol. The Kier molecular flexibility index (Phi) is 4.65. The lowest BCUT2D eigenvalue weighted by Gasteiger charge is -2.06. The maximum absolute atomic E-state index is 11.4. The summed E-state index contributed by atoms with van der Waals surface area (Å²) in [6.45, 7) is 3.39. The number of carbonyl (C=O) groups excluding carboxylic acids is 1. The van der Waals surface area contributed by atoms with Crippen molar-refractivity contribution < 1.29 is 19.4 Å². The van der Waals surface area contributed by atoms with Crippen LogP contribution < -0.4 is 5.32 Å². The average Bonchev–Trinajstić information content (AvgIpc) is 2.61. The van der Waals surface area contributed by atoms with Crippen molar-refractivity contribution in [2.45, 2.75) is 26.5 Å². The van der Waals surface area contributed by atoms with Gasteiger partial charge in [0, 0.05) is 6.20 Å². The van der Waals surface area contributed by atoms with E-state index in [1.54, 1.807) is 0 Å². The van der Waals surface area contributed by atoms with Crippen LogP contribution in [0.2, 0.25) is 0 Å². The zero-order valence-corrected chi connectivity index (χ0v) is 9.71. The van der Waals surface area contributed by atoms with Gasteiger partial charge in [0.05, 0.1) is 18.0 Å². The van der Waals surface area contributed by atoms with Gasteiger partial charge in [0.15, 0.2) is 0 Å². The van der Waals surface area contributed by atoms with E-state index in [0.29, 0.717) is 5.69 Å². The SMILES string of the molecule is CC(C)OCC(=O)Nc1cnn(CC(=O)O)c1. The molecule has 1 aromatic heterocycles. The van der Waals surface area contributed by atoms with Crippen molar-refractivity contribution in [1.29, 1.82) is 0 Å². The first-order valence-corrected chi connectivity index (χ1v) is 5.13. The summed E-state index contributed by atoms with van der Waals surface area (Å²) in [5, 5.41) is 14.9. The van der Waals surface area contributed by atoms with E-state index in [-0.39, 0.29) is 25.2 Å². The molecule has 7 heteroatoms. The molecule has 1 aromatic rings. The Bertz CT molecular complexity index is 400. The molecule has 0 fully saturated rings. The van der Waals surface area contributed by atoms with Crippen molar-refractivity contribution in [1.82, 2.24) is 9.78 Å². The van der Waals surface area contributed by atoms with E-state index in [4.69, 9.17) is 9.84 Å². The highest BCUT2D eigenvalue weighted by atomic mass is 16.5. The van der Waals surface area contributed by atoms with Gasteiger partial charge in [-0.05, 0) is 13.8 Å². The normalized spacial score (nSPS) is 10.5. The van der Waals surface area contributed by atoms with Gasteiger partial charge in [0.25, 0.3) is 0 Å². The molecule has 7 nitrogen and oxygen atoms in total. The zero-order valence-electron chi connectivity index (χ0n) is 9.71. The molecule has 2 N–H and O–H groups in total. The molecule has 1 amide bonds. The van der Waals surface area contributed by atoms with Gasteiger partial charge in [0.1, 0.15) is 13.2 Å². The van der Waals surface area contributed by atoms with Crippen LogP contribution in [0.1, 0.15) is 13.8 Å². The fourth-order valence-electron chi connectivity index (χ4n) is 1.09. The lowest BCUT2D eigenvalue weighted by Crippen LogP contribution is -2.20. The predicted molar refractivity (Wildman–Crippen MR) is 59.6 cm³/mol. The molecule has 0 aliphatic heterocycles. The van der Waals surface area contributed by atoms with E-state index in [9.17, 15) is 9.59 Å². The first-order chi connectivity index (χ1) is 7.97. The van der Waals surface area contributed by atoms with Crippen molar-refractivity contribution in [2.75, 3.05) is 11.9 Å². The number of amides is 1. The molecule has 0 saturated heterocycles. The highest BCUT2D eigenvalue weighted by Gasteiger charge is 2.07. The Hall–Kier alpha value is -1.89. The Labute approximate surface area is 98.4 Å². The first kappa shape index (κ1) is 13.2. The second-order valence-electron chi connectivity index (χ2n) is 3.73. The summed E-state index contributed by atoms with van der Waals surface area (Å²) in [5.41, 5.74) is 0.448. The number of ether oxygens (including phenoxy) is 1. The highest BCUT2D eigenvalue weighted by molar-refractivity contribution is 5.91. The third-order valence-electron chi connectivity index (χ3n) is 1.76. The highest BCUT2D eigenvalue weighted by Crippen LogP contribution is 2.04. The van der Waals surface area contributed by atoms with Crippen molar-refractivity contribution in [3.8, 4) is 0 Å². The summed E-state index contributed by atoms with van der Waals surface area (Å²) in [5.74, 6) is -1.29. The first-order valence-electron chi connectivity index (χ1n) is 5.13. The number of anilines is 1. The van der Waals surface area contributed by atoms with E-state index in [0.717, 1.165) is 0 Å². The maximum atomic E-state index is 11.4. The number of hydrogen-bond acceptors (Lipinski definition) is 4. The number of aromatic nitrogens is 2. The van der Waals surface area contributed by atoms with Crippen LogP contribution in [0, 0.1) is 0 Å². The zero-order chi connectivity index (χ0) is 12.8. The van der Waals surface area contributed by atoms with Crippen LogP contribution in [0.25, 0.3) is 0 Å². The fourth-order valence-corrected chi connectivity index (χ4v) is 1.09. The number of carboxylic acid groups (broad SMARTS) is 1. The predicted octanol–water partition coefficient (Wildman–Crippen LogP) is 0.331. The molecule has 0 bridgehead atoms. The van der Waals surface area contributed by atoms with Crippen LogP contribution in [0.15, 0.2) is 12.4 Å². The summed E-state index contributed by atoms with van der Waals surface area (Å²) in [7, 11) is 0. The van der Waals surface area contributed by atoms with Crippen molar-refractivity contribution in [2.24, 2.45) is 0 Å². The van der Waals surface area contributed by atoms with E-state index < -0.39 is 5.97 Å². The third-order valence-corrected chi connectivity index (χ3v) is 1.76. The van der Waals surface area contributed by atoms with E-state index in [1.165, 1.54) is 17.1 Å². The number of carboxylic acids is 1. The minimum atomic E-state index is -0.992. The van der Waals surface area contributed by atoms with Gasteiger partial charge in [-0.25, -0.2) is 0 Å². The van der Waals surface area contributed by atoms with Crippen LogP contribution in [0.3, 0.4) is 0 Å². The second kappa shape index (κ2) is 6.00. The summed E-state index contributed by atoms with van der Waals surface area (Å²) >= 11 is 0. The van der Waals surface area contributed by atoms with Crippen LogP contribution >= 0.6 is 0 Å². The lowest BCUT2D eigenvalue weighted by atomic mass is 10.4. The number of nitrogens with one attached hydrogen (secondary N) is 1. The summed E-state index contributed by atoms with van der Waals surface area (Å²) < 4.78 is 6.34. The molecular formula is C10H15N3O4. The summed E-state index contributed by atoms with van der Waals surface area (Å²) in [6.07, 6.45) is 2.81. The lowest BCUT2D eigenvalue weighted by molar-refractivity contribution is -0.137. The topological polar surface area (TPSA) is 93.5 Å². The number of hydrogen-bond donors (Lipinski definition) is 2. The third kappa shape index (κ3) is 5.12. The molecule has 17 heavy (non-hydrogen) atoms. The molecule has 0 aliphatic rings. The van der Waals surface area contributed by atoms with Gasteiger partial charge in [-0.1, -0.05) is 0 Å². The molecule has 0 aromatic carbocycles. The molecule has 0 saturated carbocycles. The van der Waals surface area contributed by atoms with Crippen LogP contribution in [0.5, 0.6) is 0 Å². The monoisotopic (exact) mass is 241 g/mol. The molecule has 1 heterocycles. The van der Waals surface area contributed by atoms with Gasteiger partial charge >= 0.3 is 5.97 Å². The van der Waals surface area contributed by atoms with Crippen LogP contribution in [-0.4, -0.2) is 39.5 Å². The fraction of sp³-hybridized carbons (Fsp3) is 0.500. The minimum Gasteiger partial charge on any atom is -0.480 e. The number of aliphatic carboxylic acids is 1. The van der Waals surface area contributed by atoms with Gasteiger partial charge < -0.3 is 15.2 Å². The van der Waals surface area contributed by atoms with E-state index in [1.807, 2.05) is 13.8 Å². The van der Waals surface area contributed by atoms with Crippen molar-refractivity contribution in [3.63, 3.8) is 0 Å². The quantitative estimate of drug-likeness (QED) is 0.748. The molecule has 0 radical (unpaired) electrons. The standard InChI is InChI=1S/C10H15N3O4/c1-7(2)17-6-9(14)12-8-3-11-13(4-8)5-10(15)16/h3-4,7H,5-6H2,1-2H3,(H,12,14)(H,15,16). The van der Waals surface area contributed by atoms with Crippen molar-refractivity contribution in [3.05, 3.63) is 12.4 Å². The number of nitrogens with zero attached hydrogens (tertiary/aromatic N) is 2. The van der Waals surface area contributed by atoms with Gasteiger partial charge in [0.2, 0.25) is 5.91 Å². The number of carbonyl (C=O) groups is 2. The van der Waals surface area contributed by atoms with Gasteiger partial charge in [-0.3, -0.25) is 14.3 Å². The minimum absolute atomic E-state index is 0.0181. The van der Waals surface area contributed by atoms with Crippen molar-refractivity contribution >= 4 is 17.6 Å². The molecule has 1 rings (SSSR count). The smallest absolute Gasteiger partial charge is 0.325 e. The Morgan fingerprint density at radius 2 is 2.29 bits per heavy atom. The molecule has 0 spiro atoms. The van der Waals surface area contributed by atoms with Crippen LogP contribution in [0.4, 0.5) is 5.69 Å². The Morgan fingerprint density at radius 3 is 2.88 bits per heavy atom. The Morgan fingerprint density at radius 1 is 1.59 bits per heavy atom. The Balaban J connectivity index is 2.43. The van der Waals surface area contributed by atoms with E-state index >= 15 is 0 Å².